The zero-order chi connectivity index (χ0) is 49.0. The van der Waals surface area contributed by atoms with Gasteiger partial charge in [-0.1, -0.05) is 77.9 Å². The van der Waals surface area contributed by atoms with E-state index in [1.807, 2.05) is 59.7 Å². The maximum atomic E-state index is 14.6. The number of nitrogens with one attached hydrogen (secondary N) is 7. The molecule has 0 bridgehead atoms. The van der Waals surface area contributed by atoms with Gasteiger partial charge in [-0.15, -0.1) is 5.10 Å². The van der Waals surface area contributed by atoms with Crippen LogP contribution in [0.25, 0.3) is 0 Å². The number of carbonyl (C=O) groups excluding carboxylic acids is 7. The predicted molar refractivity (Wildman–Crippen MR) is 252 cm³/mol. The normalized spacial score (nSPS) is 20.0. The summed E-state index contributed by atoms with van der Waals surface area (Å²) < 4.78 is 1.64. The molecule has 7 N–H and O–H groups in total. The van der Waals surface area contributed by atoms with E-state index in [2.05, 4.69) is 53.6 Å². The van der Waals surface area contributed by atoms with Crippen LogP contribution in [0.5, 0.6) is 0 Å². The zero-order valence-corrected chi connectivity index (χ0v) is 41.2. The summed E-state index contributed by atoms with van der Waals surface area (Å²) in [6, 6.07) is 2.48. The van der Waals surface area contributed by atoms with E-state index in [1.165, 1.54) is 5.56 Å². The Balaban J connectivity index is 1.48. The monoisotopic (exact) mass is 920 g/mol. The molecule has 18 nitrogen and oxygen atoms in total. The van der Waals surface area contributed by atoms with Crippen LogP contribution in [0.3, 0.4) is 0 Å². The molecular weight excluding hydrogens is 843 g/mol. The summed E-state index contributed by atoms with van der Waals surface area (Å²) in [6.45, 7) is 18.6. The summed E-state index contributed by atoms with van der Waals surface area (Å²) >= 11 is 0. The van der Waals surface area contributed by atoms with Crippen molar-refractivity contribution in [3.8, 4) is 0 Å². The number of nitrogens with zero attached hydrogens (tertiary/aromatic N) is 4. The highest BCUT2D eigenvalue weighted by molar-refractivity contribution is 5.95. The highest BCUT2D eigenvalue weighted by Gasteiger charge is 2.46. The van der Waals surface area contributed by atoms with Crippen molar-refractivity contribution in [2.75, 3.05) is 20.6 Å². The van der Waals surface area contributed by atoms with Crippen LogP contribution in [0.15, 0.2) is 30.5 Å². The summed E-state index contributed by atoms with van der Waals surface area (Å²) in [6.07, 6.45) is 5.00. The molecule has 18 heteroatoms. The van der Waals surface area contributed by atoms with Crippen LogP contribution in [-0.2, 0) is 46.4 Å². The van der Waals surface area contributed by atoms with Crippen molar-refractivity contribution in [3.63, 3.8) is 0 Å². The van der Waals surface area contributed by atoms with Gasteiger partial charge in [-0.05, 0) is 95.3 Å². The predicted octanol–water partition coefficient (Wildman–Crippen LogP) is 2.43. The first-order valence-electron chi connectivity index (χ1n) is 23.7. The van der Waals surface area contributed by atoms with Gasteiger partial charge in [0.2, 0.25) is 35.4 Å². The molecule has 9 atom stereocenters. The van der Waals surface area contributed by atoms with Gasteiger partial charge < -0.3 is 42.1 Å². The minimum atomic E-state index is -1.02. The molecule has 0 saturated carbocycles. The molecule has 366 valence electrons. The SMILES string of the molecule is CN[C@@H](C)C(=O)NC(C(=O)N[C@@H](CCC(=O)CCc1cn([C@H]2C[C@@H](C(=O)N[C@@H]3CCCc4ccccc43)N(C(=O)[C@@H](NC(=O)[C@H](C)NC)C(C)(C)C)C2)nn1)C(=O)N[C@H](C)C(C)C)C(C)C. The third-order valence-electron chi connectivity index (χ3n) is 13.2. The Morgan fingerprint density at radius 3 is 2.06 bits per heavy atom. The number of amides is 6. The maximum Gasteiger partial charge on any atom is 0.246 e. The minimum absolute atomic E-state index is 0.00140. The van der Waals surface area contributed by atoms with Gasteiger partial charge in [0.1, 0.15) is 30.0 Å². The number of rotatable bonds is 22. The Bertz CT molecular complexity index is 2010. The fourth-order valence-electron chi connectivity index (χ4n) is 8.15. The van der Waals surface area contributed by atoms with Gasteiger partial charge in [-0.2, -0.15) is 0 Å². The van der Waals surface area contributed by atoms with Crippen molar-refractivity contribution in [1.82, 2.24) is 57.1 Å². The van der Waals surface area contributed by atoms with Crippen molar-refractivity contribution in [3.05, 3.63) is 47.3 Å². The molecule has 1 saturated heterocycles. The molecule has 1 fully saturated rings. The van der Waals surface area contributed by atoms with Gasteiger partial charge in [0.05, 0.1) is 29.9 Å². The van der Waals surface area contributed by atoms with Crippen LogP contribution in [0.4, 0.5) is 0 Å². The van der Waals surface area contributed by atoms with Crippen molar-refractivity contribution in [2.24, 2.45) is 17.3 Å². The van der Waals surface area contributed by atoms with Crippen molar-refractivity contribution >= 4 is 41.2 Å². The summed E-state index contributed by atoms with van der Waals surface area (Å²) in [7, 11) is 3.32. The van der Waals surface area contributed by atoms with Crippen LogP contribution in [0, 0.1) is 17.3 Å². The van der Waals surface area contributed by atoms with E-state index in [-0.39, 0.29) is 92.0 Å². The minimum Gasteiger partial charge on any atom is -0.352 e. The highest BCUT2D eigenvalue weighted by atomic mass is 16.2. The molecule has 1 aromatic heterocycles. The first kappa shape index (κ1) is 53.4. The van der Waals surface area contributed by atoms with Crippen molar-refractivity contribution < 1.29 is 33.6 Å². The molecule has 66 heavy (non-hydrogen) atoms. The number of carbonyl (C=O) groups is 7. The van der Waals surface area contributed by atoms with E-state index < -0.39 is 59.5 Å². The quantitative estimate of drug-likeness (QED) is 0.0906. The molecule has 1 aromatic carbocycles. The number of aromatic nitrogens is 3. The highest BCUT2D eigenvalue weighted by Crippen LogP contribution is 2.34. The first-order chi connectivity index (χ1) is 31.1. The maximum absolute atomic E-state index is 14.6. The average molecular weight is 920 g/mol. The second-order valence-corrected chi connectivity index (χ2v) is 20.0. The van der Waals surface area contributed by atoms with Crippen molar-refractivity contribution in [1.29, 1.82) is 0 Å². The molecule has 6 amide bonds. The van der Waals surface area contributed by atoms with E-state index >= 15 is 0 Å². The lowest BCUT2D eigenvalue weighted by molar-refractivity contribution is -0.144. The van der Waals surface area contributed by atoms with E-state index in [1.54, 1.807) is 57.6 Å². The Hall–Kier alpha value is -5.23. The van der Waals surface area contributed by atoms with Gasteiger partial charge in [0, 0.05) is 38.0 Å². The van der Waals surface area contributed by atoms with E-state index in [0.717, 1.165) is 24.8 Å². The third-order valence-corrected chi connectivity index (χ3v) is 13.2. The second kappa shape index (κ2) is 24.0. The molecule has 1 unspecified atom stereocenters. The lowest BCUT2D eigenvalue weighted by Gasteiger charge is -2.36. The number of aryl methyl sites for hydroxylation is 2. The third kappa shape index (κ3) is 14.4. The molecule has 0 radical (unpaired) electrons. The first-order valence-corrected chi connectivity index (χ1v) is 23.7. The Morgan fingerprint density at radius 1 is 0.788 bits per heavy atom. The molecule has 2 aliphatic rings. The fourth-order valence-corrected chi connectivity index (χ4v) is 8.15. The topological polar surface area (TPSA) is 238 Å². The average Bonchev–Trinajstić information content (AvgIpc) is 3.95. The van der Waals surface area contributed by atoms with Crippen LogP contribution < -0.4 is 37.2 Å². The van der Waals surface area contributed by atoms with Crippen molar-refractivity contribution in [2.45, 2.75) is 175 Å². The summed E-state index contributed by atoms with van der Waals surface area (Å²) in [5.41, 5.74) is 2.12. The number of likely N-dealkylation sites (tertiary alicyclic amines) is 1. The number of hydrogen-bond acceptors (Lipinski definition) is 11. The van der Waals surface area contributed by atoms with Gasteiger partial charge in [-0.25, -0.2) is 4.68 Å². The Kier molecular flexibility index (Phi) is 19.4. The number of Topliss-reactive ketones (excluding diaryl/α,β-unsaturated/α-hetero) is 1. The number of likely N-dealkylation sites (N-methyl/N-ethyl adjacent to an activating group) is 2. The molecule has 1 aliphatic carbocycles. The summed E-state index contributed by atoms with van der Waals surface area (Å²) in [5, 5.41) is 29.3. The molecular formula is C48H77N11O7. The van der Waals surface area contributed by atoms with Crippen LogP contribution in [0.2, 0.25) is 0 Å². The standard InChI is InChI=1S/C48H77N11O7/c1-27(2)29(5)51-44(63)38(53-46(65)40(28(3)4)54-42(61)30(6)49-11)23-22-35(60)21-20-33-25-59(57-56-33)34-24-39(45(64)52-37-19-15-17-32-16-13-14-18-36(32)37)58(26-34)47(66)41(48(8,9)10)55-43(62)31(7)50-12/h13-14,16,18,25,27-31,34,37-41,49-50H,15,17,19-24,26H2,1-12H3,(H,51,63)(H,52,64)(H,53,65)(H,54,61)(H,55,62)/t29-,30+,31+,34+,37-,38+,39+,40?,41-/m1/s1. The van der Waals surface area contributed by atoms with Gasteiger partial charge in [0.25, 0.3) is 0 Å². The largest absolute Gasteiger partial charge is 0.352 e. The number of hydrogen-bond donors (Lipinski definition) is 7. The lowest BCUT2D eigenvalue weighted by atomic mass is 9.85. The molecule has 1 aliphatic heterocycles. The smallest absolute Gasteiger partial charge is 0.246 e. The lowest BCUT2D eigenvalue weighted by Crippen LogP contribution is -2.59. The van der Waals surface area contributed by atoms with Crippen LogP contribution in [0.1, 0.15) is 137 Å². The summed E-state index contributed by atoms with van der Waals surface area (Å²) in [5.74, 6) is -2.57. The fraction of sp³-hybridized carbons (Fsp3) is 0.688. The second-order valence-electron chi connectivity index (χ2n) is 20.0. The zero-order valence-electron chi connectivity index (χ0n) is 41.2. The van der Waals surface area contributed by atoms with E-state index in [0.29, 0.717) is 5.69 Å². The Labute approximate surface area is 391 Å². The van der Waals surface area contributed by atoms with Gasteiger partial charge in [-0.3, -0.25) is 33.6 Å². The van der Waals surface area contributed by atoms with Gasteiger partial charge >= 0.3 is 0 Å². The van der Waals surface area contributed by atoms with Crippen LogP contribution >= 0.6 is 0 Å². The number of benzene rings is 1. The molecule has 2 aromatic rings. The summed E-state index contributed by atoms with van der Waals surface area (Å²) in [4.78, 5) is 96.8. The number of fused-ring (bicyclic) bond motifs is 1. The molecule has 2 heterocycles. The Morgan fingerprint density at radius 2 is 1.44 bits per heavy atom. The molecule has 4 rings (SSSR count). The van der Waals surface area contributed by atoms with E-state index in [9.17, 15) is 33.6 Å². The number of ketones is 1. The van der Waals surface area contributed by atoms with Crippen LogP contribution in [-0.4, -0.2) is 124 Å². The van der Waals surface area contributed by atoms with Gasteiger partial charge in [0.15, 0.2) is 0 Å². The van der Waals surface area contributed by atoms with E-state index in [4.69, 9.17) is 0 Å². The molecule has 0 spiro atoms.